The molecule has 1 saturated heterocycles. The van der Waals surface area contributed by atoms with Crippen molar-refractivity contribution in [3.8, 4) is 5.75 Å². The number of imidazole rings is 1. The van der Waals surface area contributed by atoms with Crippen molar-refractivity contribution in [1.29, 1.82) is 0 Å². The molecule has 0 radical (unpaired) electrons. The van der Waals surface area contributed by atoms with E-state index in [0.29, 0.717) is 25.4 Å². The fourth-order valence-corrected chi connectivity index (χ4v) is 3.81. The molecule has 2 aromatic carbocycles. The van der Waals surface area contributed by atoms with Crippen molar-refractivity contribution in [1.82, 2.24) is 14.5 Å². The molecule has 2 heterocycles. The van der Waals surface area contributed by atoms with E-state index in [9.17, 15) is 9.59 Å². The number of carbonyl (C=O) groups excluding carboxylic acids is 1. The molecule has 3 aromatic rings. The number of hydrogen-bond donors (Lipinski definition) is 2. The first-order valence-corrected chi connectivity index (χ1v) is 9.54. The van der Waals surface area contributed by atoms with Gasteiger partial charge in [-0.3, -0.25) is 9.36 Å². The first-order valence-electron chi connectivity index (χ1n) is 9.54. The number of likely N-dealkylation sites (tertiary alicyclic amines) is 1. The molecule has 0 spiro atoms. The summed E-state index contributed by atoms with van der Waals surface area (Å²) in [7, 11) is 0. The van der Waals surface area contributed by atoms with Crippen molar-refractivity contribution in [3.63, 3.8) is 0 Å². The van der Waals surface area contributed by atoms with Gasteiger partial charge in [-0.25, -0.2) is 4.79 Å². The number of nitrogens with zero attached hydrogens (tertiary/aromatic N) is 2. The second kappa shape index (κ2) is 7.90. The highest BCUT2D eigenvalue weighted by Crippen LogP contribution is 2.25. The lowest BCUT2D eigenvalue weighted by Gasteiger charge is -2.32. The minimum absolute atomic E-state index is 0.00568. The molecule has 1 fully saturated rings. The maximum Gasteiger partial charge on any atom is 0.326 e. The van der Waals surface area contributed by atoms with Crippen molar-refractivity contribution in [2.45, 2.75) is 25.4 Å². The number of aromatic nitrogens is 2. The van der Waals surface area contributed by atoms with Crippen LogP contribution < -0.4 is 16.2 Å². The number of nitrogens with two attached hydrogens (primary N) is 1. The van der Waals surface area contributed by atoms with Crippen molar-refractivity contribution in [3.05, 3.63) is 64.6 Å². The molecule has 1 aromatic heterocycles. The number of H-pyrrole nitrogens is 1. The molecule has 1 aliphatic rings. The zero-order chi connectivity index (χ0) is 19.5. The number of piperidine rings is 1. The Bertz CT molecular complexity index is 1030. The van der Waals surface area contributed by atoms with Gasteiger partial charge in [-0.05, 0) is 42.7 Å². The van der Waals surface area contributed by atoms with E-state index in [4.69, 9.17) is 10.5 Å². The van der Waals surface area contributed by atoms with Crippen LogP contribution in [0, 0.1) is 0 Å². The summed E-state index contributed by atoms with van der Waals surface area (Å²) in [5.41, 5.74) is 8.27. The molecule has 1 amide bonds. The largest absolute Gasteiger partial charge is 0.484 e. The average Bonchev–Trinajstić information content (AvgIpc) is 3.08. The first kappa shape index (κ1) is 18.3. The van der Waals surface area contributed by atoms with E-state index in [1.807, 2.05) is 58.0 Å². The highest BCUT2D eigenvalue weighted by molar-refractivity contribution is 5.78. The number of amides is 1. The lowest BCUT2D eigenvalue weighted by molar-refractivity contribution is -0.134. The van der Waals surface area contributed by atoms with Crippen molar-refractivity contribution < 1.29 is 9.53 Å². The maximum atomic E-state index is 12.5. The van der Waals surface area contributed by atoms with Gasteiger partial charge in [-0.15, -0.1) is 0 Å². The average molecular weight is 380 g/mol. The number of para-hydroxylation sites is 2. The number of aromatic amines is 1. The van der Waals surface area contributed by atoms with Crippen molar-refractivity contribution >= 4 is 16.9 Å². The number of hydrogen-bond acceptors (Lipinski definition) is 4. The Kier molecular flexibility index (Phi) is 5.16. The molecule has 146 valence electrons. The Morgan fingerprint density at radius 2 is 1.93 bits per heavy atom. The van der Waals surface area contributed by atoms with Gasteiger partial charge in [0.15, 0.2) is 6.61 Å². The molecule has 0 saturated carbocycles. The van der Waals surface area contributed by atoms with Gasteiger partial charge in [0.2, 0.25) is 0 Å². The van der Waals surface area contributed by atoms with Crippen LogP contribution in [0.4, 0.5) is 0 Å². The van der Waals surface area contributed by atoms with Crippen molar-refractivity contribution in [2.75, 3.05) is 19.7 Å². The van der Waals surface area contributed by atoms with E-state index >= 15 is 0 Å². The van der Waals surface area contributed by atoms with Crippen LogP contribution in [0.2, 0.25) is 0 Å². The minimum Gasteiger partial charge on any atom is -0.484 e. The van der Waals surface area contributed by atoms with Crippen LogP contribution in [0.5, 0.6) is 5.75 Å². The monoisotopic (exact) mass is 380 g/mol. The molecule has 1 aliphatic heterocycles. The number of carbonyl (C=O) groups is 1. The fourth-order valence-electron chi connectivity index (χ4n) is 3.81. The van der Waals surface area contributed by atoms with Gasteiger partial charge in [0.1, 0.15) is 5.75 Å². The van der Waals surface area contributed by atoms with Crippen molar-refractivity contribution in [2.24, 2.45) is 5.73 Å². The van der Waals surface area contributed by atoms with Gasteiger partial charge in [-0.2, -0.15) is 0 Å². The van der Waals surface area contributed by atoms with Crippen LogP contribution in [0.1, 0.15) is 24.4 Å². The first-order chi connectivity index (χ1) is 13.7. The third kappa shape index (κ3) is 3.66. The second-order valence-electron chi connectivity index (χ2n) is 7.07. The molecular weight excluding hydrogens is 356 g/mol. The summed E-state index contributed by atoms with van der Waals surface area (Å²) in [4.78, 5) is 29.6. The zero-order valence-corrected chi connectivity index (χ0v) is 15.6. The van der Waals surface area contributed by atoms with E-state index in [1.165, 1.54) is 0 Å². The van der Waals surface area contributed by atoms with Crippen LogP contribution in [0.3, 0.4) is 0 Å². The minimum atomic E-state index is -0.0888. The highest BCUT2D eigenvalue weighted by atomic mass is 16.5. The Morgan fingerprint density at radius 3 is 2.71 bits per heavy atom. The van der Waals surface area contributed by atoms with Gasteiger partial charge >= 0.3 is 5.69 Å². The highest BCUT2D eigenvalue weighted by Gasteiger charge is 2.26. The van der Waals surface area contributed by atoms with Crippen LogP contribution in [-0.4, -0.2) is 40.1 Å². The molecule has 0 unspecified atom stereocenters. The lowest BCUT2D eigenvalue weighted by Crippen LogP contribution is -2.42. The Morgan fingerprint density at radius 1 is 1.14 bits per heavy atom. The summed E-state index contributed by atoms with van der Waals surface area (Å²) in [6.07, 6.45) is 1.49. The fraction of sp³-hybridized carbons (Fsp3) is 0.333. The summed E-state index contributed by atoms with van der Waals surface area (Å²) < 4.78 is 7.46. The summed E-state index contributed by atoms with van der Waals surface area (Å²) in [5.74, 6) is 0.611. The molecule has 7 nitrogen and oxygen atoms in total. The predicted octanol–water partition coefficient (Wildman–Crippen LogP) is 2.03. The van der Waals surface area contributed by atoms with Crippen LogP contribution >= 0.6 is 0 Å². The van der Waals surface area contributed by atoms with Gasteiger partial charge in [0.25, 0.3) is 5.91 Å². The molecule has 0 atom stereocenters. The van der Waals surface area contributed by atoms with Gasteiger partial charge < -0.3 is 20.4 Å². The second-order valence-corrected chi connectivity index (χ2v) is 7.07. The molecule has 0 aliphatic carbocycles. The third-order valence-electron chi connectivity index (χ3n) is 5.30. The SMILES string of the molecule is NCc1cccc(OCC(=O)N2CCC(n3c(=O)[nH]c4ccccc43)CC2)c1. The molecule has 7 heteroatoms. The van der Waals surface area contributed by atoms with E-state index in [0.717, 1.165) is 29.4 Å². The molecular formula is C21H24N4O3. The number of fused-ring (bicyclic) bond motifs is 1. The molecule has 3 N–H and O–H groups in total. The summed E-state index contributed by atoms with van der Waals surface area (Å²) in [6.45, 7) is 1.67. The normalized spacial score (nSPS) is 15.1. The molecule has 28 heavy (non-hydrogen) atoms. The standard InChI is InChI=1S/C21H24N4O3/c22-13-15-4-3-5-17(12-15)28-14-20(26)24-10-8-16(9-11-24)25-19-7-2-1-6-18(19)23-21(25)27/h1-7,12,16H,8-11,13-14,22H2,(H,23,27). The molecule has 0 bridgehead atoms. The summed E-state index contributed by atoms with van der Waals surface area (Å²) in [5, 5.41) is 0. The van der Waals surface area contributed by atoms with Crippen LogP contribution in [-0.2, 0) is 11.3 Å². The third-order valence-corrected chi connectivity index (χ3v) is 5.30. The molecule has 4 rings (SSSR count). The topological polar surface area (TPSA) is 93.3 Å². The quantitative estimate of drug-likeness (QED) is 0.708. The van der Waals surface area contributed by atoms with Gasteiger partial charge in [-0.1, -0.05) is 24.3 Å². The maximum absolute atomic E-state index is 12.5. The van der Waals surface area contributed by atoms with Crippen LogP contribution in [0.25, 0.3) is 11.0 Å². The van der Waals surface area contributed by atoms with Gasteiger partial charge in [0.05, 0.1) is 11.0 Å². The van der Waals surface area contributed by atoms with Gasteiger partial charge in [0, 0.05) is 25.7 Å². The lowest BCUT2D eigenvalue weighted by atomic mass is 10.0. The van der Waals surface area contributed by atoms with E-state index in [-0.39, 0.29) is 24.2 Å². The Balaban J connectivity index is 1.36. The summed E-state index contributed by atoms with van der Waals surface area (Å²) >= 11 is 0. The Hall–Kier alpha value is -3.06. The van der Waals surface area contributed by atoms with E-state index in [2.05, 4.69) is 4.98 Å². The number of ether oxygens (including phenoxy) is 1. The van der Waals surface area contributed by atoms with Crippen LogP contribution in [0.15, 0.2) is 53.3 Å². The number of benzene rings is 2. The summed E-state index contributed by atoms with van der Waals surface area (Å²) in [6, 6.07) is 15.3. The smallest absolute Gasteiger partial charge is 0.326 e. The number of rotatable bonds is 5. The Labute approximate surface area is 162 Å². The number of nitrogens with one attached hydrogen (secondary N) is 1. The predicted molar refractivity (Wildman–Crippen MR) is 107 cm³/mol. The zero-order valence-electron chi connectivity index (χ0n) is 15.6. The van der Waals surface area contributed by atoms with E-state index < -0.39 is 0 Å². The van der Waals surface area contributed by atoms with E-state index in [1.54, 1.807) is 0 Å².